The maximum Gasteiger partial charge on any atom is 0.338 e. The van der Waals surface area contributed by atoms with Crippen molar-refractivity contribution in [2.45, 2.75) is 18.9 Å². The Kier molecular flexibility index (Phi) is 5.39. The van der Waals surface area contributed by atoms with Gasteiger partial charge >= 0.3 is 5.97 Å². The van der Waals surface area contributed by atoms with Gasteiger partial charge in [0.05, 0.1) is 11.7 Å². The van der Waals surface area contributed by atoms with E-state index in [1.807, 2.05) is 24.3 Å². The number of carbonyl (C=O) groups excluding carboxylic acids is 2. The van der Waals surface area contributed by atoms with Gasteiger partial charge in [-0.3, -0.25) is 4.79 Å². The quantitative estimate of drug-likeness (QED) is 0.499. The van der Waals surface area contributed by atoms with E-state index in [0.29, 0.717) is 23.5 Å². The number of fused-ring (bicyclic) bond motifs is 1. The second-order valence-electron chi connectivity index (χ2n) is 6.72. The molecule has 2 aromatic carbocycles. The van der Waals surface area contributed by atoms with E-state index in [0.717, 1.165) is 30.4 Å². The highest BCUT2D eigenvalue weighted by atomic mass is 16.5. The highest BCUT2D eigenvalue weighted by molar-refractivity contribution is 6.09. The molecule has 1 unspecified atom stereocenters. The van der Waals surface area contributed by atoms with E-state index in [2.05, 4.69) is 4.98 Å². The SMILES string of the molecule is O=C(OCC(=O)c1c[nH]c2ccccc12)c1ccc(OCC2CCCO2)cc1. The number of hydrogen-bond donors (Lipinski definition) is 1. The molecule has 2 heterocycles. The van der Waals surface area contributed by atoms with Gasteiger partial charge in [0.15, 0.2) is 6.61 Å². The Morgan fingerprint density at radius 2 is 1.93 bits per heavy atom. The average molecular weight is 379 g/mol. The van der Waals surface area contributed by atoms with Crippen molar-refractivity contribution in [2.24, 2.45) is 0 Å². The second-order valence-corrected chi connectivity index (χ2v) is 6.72. The molecule has 1 atom stereocenters. The van der Waals surface area contributed by atoms with Crippen molar-refractivity contribution in [3.63, 3.8) is 0 Å². The Hall–Kier alpha value is -3.12. The number of esters is 1. The number of aromatic amines is 1. The van der Waals surface area contributed by atoms with Crippen LogP contribution in [0.2, 0.25) is 0 Å². The van der Waals surface area contributed by atoms with Crippen molar-refractivity contribution in [2.75, 3.05) is 19.8 Å². The average Bonchev–Trinajstić information content (AvgIpc) is 3.40. The fraction of sp³-hybridized carbons (Fsp3) is 0.273. The Morgan fingerprint density at radius 1 is 1.11 bits per heavy atom. The van der Waals surface area contributed by atoms with Gasteiger partial charge in [-0.05, 0) is 43.2 Å². The number of Topliss-reactive ketones (excluding diaryl/α,β-unsaturated/α-hetero) is 1. The van der Waals surface area contributed by atoms with Crippen LogP contribution in [0, 0.1) is 0 Å². The first kappa shape index (κ1) is 18.3. The maximum atomic E-state index is 12.4. The van der Waals surface area contributed by atoms with Gasteiger partial charge in [-0.25, -0.2) is 4.79 Å². The van der Waals surface area contributed by atoms with Gasteiger partial charge in [0.2, 0.25) is 5.78 Å². The first-order chi connectivity index (χ1) is 13.7. The minimum absolute atomic E-state index is 0.139. The number of para-hydroxylation sites is 1. The third kappa shape index (κ3) is 4.07. The van der Waals surface area contributed by atoms with Gasteiger partial charge in [0, 0.05) is 29.3 Å². The zero-order valence-corrected chi connectivity index (χ0v) is 15.4. The van der Waals surface area contributed by atoms with E-state index in [9.17, 15) is 9.59 Å². The van der Waals surface area contributed by atoms with Crippen LogP contribution < -0.4 is 4.74 Å². The number of nitrogens with one attached hydrogen (secondary N) is 1. The zero-order valence-electron chi connectivity index (χ0n) is 15.4. The van der Waals surface area contributed by atoms with Gasteiger partial charge in [0.1, 0.15) is 12.4 Å². The molecule has 1 N–H and O–H groups in total. The van der Waals surface area contributed by atoms with Crippen LogP contribution in [-0.4, -0.2) is 42.7 Å². The van der Waals surface area contributed by atoms with Crippen molar-refractivity contribution < 1.29 is 23.8 Å². The number of aromatic nitrogens is 1. The molecule has 0 aliphatic carbocycles. The first-order valence-corrected chi connectivity index (χ1v) is 9.31. The summed E-state index contributed by atoms with van der Waals surface area (Å²) in [4.78, 5) is 27.7. The van der Waals surface area contributed by atoms with Crippen molar-refractivity contribution in [3.8, 4) is 5.75 Å². The van der Waals surface area contributed by atoms with E-state index in [4.69, 9.17) is 14.2 Å². The van der Waals surface area contributed by atoms with Gasteiger partial charge in [-0.2, -0.15) is 0 Å². The predicted molar refractivity (Wildman–Crippen MR) is 104 cm³/mol. The number of H-pyrrole nitrogens is 1. The summed E-state index contributed by atoms with van der Waals surface area (Å²) in [7, 11) is 0. The van der Waals surface area contributed by atoms with Gasteiger partial charge in [-0.15, -0.1) is 0 Å². The van der Waals surface area contributed by atoms with Crippen LogP contribution in [-0.2, 0) is 9.47 Å². The van der Waals surface area contributed by atoms with Crippen LogP contribution in [0.1, 0.15) is 33.6 Å². The van der Waals surface area contributed by atoms with Crippen LogP contribution in [0.4, 0.5) is 0 Å². The number of ether oxygens (including phenoxy) is 3. The molecule has 1 aromatic heterocycles. The number of benzene rings is 2. The lowest BCUT2D eigenvalue weighted by Gasteiger charge is -2.11. The summed E-state index contributed by atoms with van der Waals surface area (Å²) in [6.45, 7) is 0.983. The smallest absolute Gasteiger partial charge is 0.338 e. The fourth-order valence-corrected chi connectivity index (χ4v) is 3.25. The van der Waals surface area contributed by atoms with Crippen molar-refractivity contribution in [3.05, 3.63) is 65.9 Å². The molecule has 1 fully saturated rings. The first-order valence-electron chi connectivity index (χ1n) is 9.31. The highest BCUT2D eigenvalue weighted by Crippen LogP contribution is 2.19. The summed E-state index contributed by atoms with van der Waals surface area (Å²) in [6, 6.07) is 14.2. The lowest BCUT2D eigenvalue weighted by atomic mass is 10.1. The van der Waals surface area contributed by atoms with E-state index >= 15 is 0 Å². The summed E-state index contributed by atoms with van der Waals surface area (Å²) < 4.78 is 16.4. The number of hydrogen-bond acceptors (Lipinski definition) is 5. The molecule has 1 aliphatic heterocycles. The molecule has 6 nitrogen and oxygen atoms in total. The lowest BCUT2D eigenvalue weighted by Crippen LogP contribution is -2.16. The molecule has 0 radical (unpaired) electrons. The summed E-state index contributed by atoms with van der Waals surface area (Å²) in [5, 5.41) is 0.816. The second kappa shape index (κ2) is 8.27. The van der Waals surface area contributed by atoms with Crippen LogP contribution in [0.25, 0.3) is 10.9 Å². The van der Waals surface area contributed by atoms with Gasteiger partial charge in [0.25, 0.3) is 0 Å². The largest absolute Gasteiger partial charge is 0.491 e. The van der Waals surface area contributed by atoms with Gasteiger partial charge < -0.3 is 19.2 Å². The minimum atomic E-state index is -0.543. The summed E-state index contributed by atoms with van der Waals surface area (Å²) in [5.41, 5.74) is 1.76. The van der Waals surface area contributed by atoms with Crippen LogP contribution in [0.15, 0.2) is 54.7 Å². The number of carbonyl (C=O) groups is 2. The van der Waals surface area contributed by atoms with E-state index < -0.39 is 5.97 Å². The third-order valence-electron chi connectivity index (χ3n) is 4.77. The normalized spacial score (nSPS) is 16.2. The monoisotopic (exact) mass is 379 g/mol. The molecular weight excluding hydrogens is 358 g/mol. The van der Waals surface area contributed by atoms with E-state index in [1.54, 1.807) is 30.5 Å². The molecule has 0 spiro atoms. The van der Waals surface area contributed by atoms with Crippen molar-refractivity contribution in [1.29, 1.82) is 0 Å². The zero-order chi connectivity index (χ0) is 19.3. The predicted octanol–water partition coefficient (Wildman–Crippen LogP) is 3.77. The molecule has 1 saturated heterocycles. The fourth-order valence-electron chi connectivity index (χ4n) is 3.25. The van der Waals surface area contributed by atoms with Crippen molar-refractivity contribution >= 4 is 22.7 Å². The molecule has 0 saturated carbocycles. The summed E-state index contributed by atoms with van der Waals surface area (Å²) >= 11 is 0. The minimum Gasteiger partial charge on any atom is -0.491 e. The molecule has 4 rings (SSSR count). The Morgan fingerprint density at radius 3 is 2.71 bits per heavy atom. The van der Waals surface area contributed by atoms with Crippen LogP contribution in [0.5, 0.6) is 5.75 Å². The molecule has 0 bridgehead atoms. The molecule has 3 aromatic rings. The standard InChI is InChI=1S/C22H21NO5/c24-21(19-12-23-20-6-2-1-5-18(19)20)14-28-22(25)15-7-9-16(10-8-15)27-13-17-4-3-11-26-17/h1-2,5-10,12,17,23H,3-4,11,13-14H2. The summed E-state index contributed by atoms with van der Waals surface area (Å²) in [6.07, 6.45) is 3.85. The lowest BCUT2D eigenvalue weighted by molar-refractivity contribution is 0.0475. The Labute approximate surface area is 162 Å². The number of rotatable bonds is 7. The molecule has 6 heteroatoms. The van der Waals surface area contributed by atoms with E-state index in [1.165, 1.54) is 0 Å². The Balaban J connectivity index is 1.31. The van der Waals surface area contributed by atoms with Crippen LogP contribution in [0.3, 0.4) is 0 Å². The molecule has 28 heavy (non-hydrogen) atoms. The number of ketones is 1. The molecular formula is C22H21NO5. The molecule has 1 aliphatic rings. The maximum absolute atomic E-state index is 12.4. The summed E-state index contributed by atoms with van der Waals surface area (Å²) in [5.74, 6) is -0.122. The Bertz CT molecular complexity index is 970. The van der Waals surface area contributed by atoms with Gasteiger partial charge in [-0.1, -0.05) is 18.2 Å². The van der Waals surface area contributed by atoms with Crippen LogP contribution >= 0.6 is 0 Å². The third-order valence-corrected chi connectivity index (χ3v) is 4.77. The molecule has 144 valence electrons. The molecule has 0 amide bonds. The topological polar surface area (TPSA) is 77.6 Å². The van der Waals surface area contributed by atoms with Crippen molar-refractivity contribution in [1.82, 2.24) is 4.98 Å². The van der Waals surface area contributed by atoms with E-state index in [-0.39, 0.29) is 18.5 Å². The highest BCUT2D eigenvalue weighted by Gasteiger charge is 2.17.